The summed E-state index contributed by atoms with van der Waals surface area (Å²) in [6.07, 6.45) is 6.41. The Bertz CT molecular complexity index is 892. The first-order chi connectivity index (χ1) is 14.7. The van der Waals surface area contributed by atoms with E-state index in [0.29, 0.717) is 19.6 Å². The number of hydrogen-bond acceptors (Lipinski definition) is 5. The maximum Gasteiger partial charge on any atom is 0.269 e. The Kier molecular flexibility index (Phi) is 6.79. The molecule has 4 rings (SSSR count). The molecule has 2 aliphatic rings. The maximum atomic E-state index is 12.6. The average molecular weight is 410 g/mol. The van der Waals surface area contributed by atoms with E-state index in [2.05, 4.69) is 20.2 Å². The number of hydrogen-bond donors (Lipinski definition) is 1. The van der Waals surface area contributed by atoms with Gasteiger partial charge in [-0.3, -0.25) is 9.59 Å². The average Bonchev–Trinajstić information content (AvgIpc) is 3.27. The van der Waals surface area contributed by atoms with Gasteiger partial charge in [0, 0.05) is 32.2 Å². The number of likely N-dealkylation sites (tertiary alicyclic amines) is 1. The molecule has 0 radical (unpaired) electrons. The molecule has 2 aliphatic heterocycles. The van der Waals surface area contributed by atoms with E-state index in [1.165, 1.54) is 23.9 Å². The second kappa shape index (κ2) is 9.89. The predicted octanol–water partition coefficient (Wildman–Crippen LogP) is 1.72. The van der Waals surface area contributed by atoms with Crippen LogP contribution in [0.15, 0.2) is 47.4 Å². The van der Waals surface area contributed by atoms with Crippen LogP contribution in [0.3, 0.4) is 0 Å². The van der Waals surface area contributed by atoms with Crippen LogP contribution in [-0.2, 0) is 11.3 Å². The highest BCUT2D eigenvalue weighted by atomic mass is 16.2. The van der Waals surface area contributed by atoms with Crippen LogP contribution in [0.4, 0.5) is 5.69 Å². The molecule has 3 heterocycles. The van der Waals surface area contributed by atoms with Gasteiger partial charge in [0.05, 0.1) is 24.3 Å². The number of nitrogens with one attached hydrogen (secondary N) is 1. The summed E-state index contributed by atoms with van der Waals surface area (Å²) in [6.45, 7) is 5.82. The van der Waals surface area contributed by atoms with Gasteiger partial charge >= 0.3 is 0 Å². The third kappa shape index (κ3) is 5.27. The van der Waals surface area contributed by atoms with Gasteiger partial charge in [0.2, 0.25) is 5.91 Å². The third-order valence-corrected chi connectivity index (χ3v) is 6.13. The third-order valence-electron chi connectivity index (χ3n) is 6.13. The molecule has 1 aromatic heterocycles. The van der Waals surface area contributed by atoms with Crippen LogP contribution in [0.25, 0.3) is 0 Å². The van der Waals surface area contributed by atoms with Crippen LogP contribution < -0.4 is 15.8 Å². The SMILES string of the molecule is O=C(NCCN1CCCCC1)C1CCN(c2cnn(Cc3ccccc3)c(=O)c2)C1. The van der Waals surface area contributed by atoms with Gasteiger partial charge < -0.3 is 15.1 Å². The topological polar surface area (TPSA) is 70.5 Å². The van der Waals surface area contributed by atoms with Crippen LogP contribution in [-0.4, -0.2) is 59.9 Å². The zero-order valence-electron chi connectivity index (χ0n) is 17.5. The summed E-state index contributed by atoms with van der Waals surface area (Å²) < 4.78 is 1.47. The molecule has 1 N–H and O–H groups in total. The maximum absolute atomic E-state index is 12.6. The molecule has 30 heavy (non-hydrogen) atoms. The summed E-state index contributed by atoms with van der Waals surface area (Å²) in [4.78, 5) is 29.6. The van der Waals surface area contributed by atoms with Crippen LogP contribution in [0.2, 0.25) is 0 Å². The Morgan fingerprint density at radius 1 is 1.10 bits per heavy atom. The van der Waals surface area contributed by atoms with Crippen molar-refractivity contribution >= 4 is 11.6 Å². The number of benzene rings is 1. The Morgan fingerprint density at radius 3 is 2.67 bits per heavy atom. The number of carbonyl (C=O) groups is 1. The molecule has 0 spiro atoms. The lowest BCUT2D eigenvalue weighted by Crippen LogP contribution is -2.40. The molecule has 1 aromatic carbocycles. The summed E-state index contributed by atoms with van der Waals surface area (Å²) in [6, 6.07) is 11.5. The van der Waals surface area contributed by atoms with Gasteiger partial charge in [-0.2, -0.15) is 5.10 Å². The summed E-state index contributed by atoms with van der Waals surface area (Å²) in [5, 5.41) is 7.45. The van der Waals surface area contributed by atoms with Crippen molar-refractivity contribution in [1.29, 1.82) is 0 Å². The molecule has 0 saturated carbocycles. The highest BCUT2D eigenvalue weighted by molar-refractivity contribution is 5.80. The molecular weight excluding hydrogens is 378 g/mol. The first-order valence-electron chi connectivity index (χ1n) is 11.1. The molecule has 2 fully saturated rings. The smallest absolute Gasteiger partial charge is 0.269 e. The Labute approximate surface area is 177 Å². The number of anilines is 1. The number of rotatable bonds is 7. The van der Waals surface area contributed by atoms with Gasteiger partial charge in [-0.25, -0.2) is 4.68 Å². The summed E-state index contributed by atoms with van der Waals surface area (Å²) in [7, 11) is 0. The second-order valence-electron chi connectivity index (χ2n) is 8.32. The van der Waals surface area contributed by atoms with Crippen LogP contribution >= 0.6 is 0 Å². The zero-order valence-corrected chi connectivity index (χ0v) is 17.5. The lowest BCUT2D eigenvalue weighted by Gasteiger charge is -2.26. The van der Waals surface area contributed by atoms with E-state index in [-0.39, 0.29) is 17.4 Å². The second-order valence-corrected chi connectivity index (χ2v) is 8.32. The number of aromatic nitrogens is 2. The van der Waals surface area contributed by atoms with Crippen molar-refractivity contribution in [3.8, 4) is 0 Å². The van der Waals surface area contributed by atoms with Gasteiger partial charge in [0.1, 0.15) is 0 Å². The highest BCUT2D eigenvalue weighted by Crippen LogP contribution is 2.22. The number of piperidine rings is 1. The van der Waals surface area contributed by atoms with E-state index in [9.17, 15) is 9.59 Å². The minimum atomic E-state index is -0.120. The van der Waals surface area contributed by atoms with Crippen molar-refractivity contribution in [3.05, 3.63) is 58.5 Å². The molecule has 7 heteroatoms. The quantitative estimate of drug-likeness (QED) is 0.754. The fourth-order valence-corrected chi connectivity index (χ4v) is 4.35. The normalized spacial score (nSPS) is 19.7. The van der Waals surface area contributed by atoms with Crippen molar-refractivity contribution in [2.75, 3.05) is 44.2 Å². The number of carbonyl (C=O) groups excluding carboxylic acids is 1. The number of amides is 1. The van der Waals surface area contributed by atoms with Gasteiger partial charge in [-0.05, 0) is 37.9 Å². The van der Waals surface area contributed by atoms with Crippen molar-refractivity contribution in [2.24, 2.45) is 5.92 Å². The fraction of sp³-hybridized carbons (Fsp3) is 0.522. The Morgan fingerprint density at radius 2 is 1.90 bits per heavy atom. The standard InChI is InChI=1S/C23H31N5O2/c29-22-15-21(16-25-28(22)17-19-7-3-1-4-8-19)27-13-9-20(18-27)23(30)24-10-14-26-11-5-2-6-12-26/h1,3-4,7-8,15-16,20H,2,5-6,9-14,17-18H2,(H,24,30). The monoisotopic (exact) mass is 409 g/mol. The van der Waals surface area contributed by atoms with Gasteiger partial charge in [-0.1, -0.05) is 36.8 Å². The van der Waals surface area contributed by atoms with Crippen LogP contribution in [0, 0.1) is 5.92 Å². The predicted molar refractivity (Wildman–Crippen MR) is 118 cm³/mol. The van der Waals surface area contributed by atoms with E-state index in [0.717, 1.165) is 43.9 Å². The first kappa shape index (κ1) is 20.6. The molecule has 0 bridgehead atoms. The van der Waals surface area contributed by atoms with Crippen molar-refractivity contribution < 1.29 is 4.79 Å². The zero-order chi connectivity index (χ0) is 20.8. The molecule has 2 aromatic rings. The van der Waals surface area contributed by atoms with Crippen molar-refractivity contribution in [2.45, 2.75) is 32.2 Å². The minimum absolute atomic E-state index is 0.0295. The molecule has 1 atom stereocenters. The highest BCUT2D eigenvalue weighted by Gasteiger charge is 2.28. The van der Waals surface area contributed by atoms with Crippen molar-refractivity contribution in [1.82, 2.24) is 20.0 Å². The fourth-order valence-electron chi connectivity index (χ4n) is 4.35. The van der Waals surface area contributed by atoms with Crippen molar-refractivity contribution in [3.63, 3.8) is 0 Å². The van der Waals surface area contributed by atoms with E-state index in [1.54, 1.807) is 12.3 Å². The van der Waals surface area contributed by atoms with E-state index in [4.69, 9.17) is 0 Å². The Balaban J connectivity index is 1.27. The summed E-state index contributed by atoms with van der Waals surface area (Å²) in [5.41, 5.74) is 1.72. The molecular formula is C23H31N5O2. The number of nitrogens with zero attached hydrogens (tertiary/aromatic N) is 4. The summed E-state index contributed by atoms with van der Waals surface area (Å²) >= 11 is 0. The molecule has 1 amide bonds. The van der Waals surface area contributed by atoms with Crippen LogP contribution in [0.5, 0.6) is 0 Å². The molecule has 7 nitrogen and oxygen atoms in total. The first-order valence-corrected chi connectivity index (χ1v) is 11.1. The van der Waals surface area contributed by atoms with E-state index >= 15 is 0 Å². The molecule has 0 aliphatic carbocycles. The summed E-state index contributed by atoms with van der Waals surface area (Å²) in [5.74, 6) is 0.0954. The minimum Gasteiger partial charge on any atom is -0.369 e. The lowest BCUT2D eigenvalue weighted by molar-refractivity contribution is -0.124. The molecule has 160 valence electrons. The largest absolute Gasteiger partial charge is 0.369 e. The molecule has 2 saturated heterocycles. The Hall–Kier alpha value is -2.67. The van der Waals surface area contributed by atoms with Crippen LogP contribution in [0.1, 0.15) is 31.2 Å². The molecule has 1 unspecified atom stereocenters. The van der Waals surface area contributed by atoms with Gasteiger partial charge in [0.25, 0.3) is 5.56 Å². The van der Waals surface area contributed by atoms with E-state index in [1.807, 2.05) is 30.3 Å². The van der Waals surface area contributed by atoms with Gasteiger partial charge in [-0.15, -0.1) is 0 Å². The van der Waals surface area contributed by atoms with E-state index < -0.39 is 0 Å². The lowest BCUT2D eigenvalue weighted by atomic mass is 10.1. The van der Waals surface area contributed by atoms with Gasteiger partial charge in [0.15, 0.2) is 0 Å².